The molecule has 0 fully saturated rings. The van der Waals surface area contributed by atoms with Gasteiger partial charge in [0.15, 0.2) is 34.9 Å². The zero-order chi connectivity index (χ0) is 76.0. The van der Waals surface area contributed by atoms with E-state index < -0.39 is 0 Å². The molecule has 0 aliphatic heterocycles. The van der Waals surface area contributed by atoms with Gasteiger partial charge in [0.25, 0.3) is 0 Å². The van der Waals surface area contributed by atoms with E-state index in [1.165, 1.54) is 71.6 Å². The van der Waals surface area contributed by atoms with E-state index in [2.05, 4.69) is 260 Å². The van der Waals surface area contributed by atoms with Crippen LogP contribution in [0, 0.1) is 22.7 Å². The Bertz CT molecular complexity index is 6910. The van der Waals surface area contributed by atoms with Crippen molar-refractivity contribution in [3.05, 3.63) is 393 Å². The predicted molar refractivity (Wildman–Crippen MR) is 461 cm³/mol. The lowest BCUT2D eigenvalue weighted by molar-refractivity contribution is 1.07. The largest absolute Gasteiger partial charge is 0.255 e. The van der Waals surface area contributed by atoms with Gasteiger partial charge in [0, 0.05) is 45.1 Å². The zero-order valence-electron chi connectivity index (χ0n) is 61.4. The van der Waals surface area contributed by atoms with E-state index in [-0.39, 0.29) is 0 Å². The monoisotopic (exact) mass is 1450 g/mol. The van der Waals surface area contributed by atoms with Crippen LogP contribution in [0.5, 0.6) is 0 Å². The number of aromatic nitrogens is 7. The highest BCUT2D eigenvalue weighted by Gasteiger charge is 2.28. The van der Waals surface area contributed by atoms with E-state index in [0.717, 1.165) is 106 Å². The van der Waals surface area contributed by atoms with E-state index in [0.29, 0.717) is 46.1 Å². The minimum absolute atomic E-state index is 0.548. The van der Waals surface area contributed by atoms with Gasteiger partial charge in [-0.3, -0.25) is 4.98 Å². The van der Waals surface area contributed by atoms with Crippen molar-refractivity contribution < 1.29 is 0 Å². The lowest BCUT2D eigenvalue weighted by atomic mass is 9.86. The zero-order valence-corrected chi connectivity index (χ0v) is 61.4. The molecule has 0 saturated carbocycles. The summed E-state index contributed by atoms with van der Waals surface area (Å²) in [4.78, 5) is 34.4. The molecule has 528 valence electrons. The van der Waals surface area contributed by atoms with Crippen LogP contribution in [0.4, 0.5) is 0 Å². The van der Waals surface area contributed by atoms with Crippen LogP contribution in [0.15, 0.2) is 382 Å². The van der Waals surface area contributed by atoms with Gasteiger partial charge in [-0.05, 0) is 157 Å². The molecule has 3 aromatic heterocycles. The van der Waals surface area contributed by atoms with Gasteiger partial charge < -0.3 is 0 Å². The molecule has 114 heavy (non-hydrogen) atoms. The number of nitriles is 2. The van der Waals surface area contributed by atoms with Crippen molar-refractivity contribution in [3.63, 3.8) is 0 Å². The first-order valence-electron chi connectivity index (χ1n) is 37.9. The highest BCUT2D eigenvalue weighted by atomic mass is 15.0. The second kappa shape index (κ2) is 29.0. The lowest BCUT2D eigenvalue weighted by Crippen LogP contribution is -2.00. The number of nitrogens with zero attached hydrogens (tertiary/aromatic N) is 9. The molecule has 0 amide bonds. The number of benzene rings is 16. The molecule has 0 N–H and O–H groups in total. The molecule has 16 aromatic carbocycles. The van der Waals surface area contributed by atoms with Gasteiger partial charge in [-0.25, -0.2) is 29.9 Å². The number of pyridine rings is 1. The van der Waals surface area contributed by atoms with Gasteiger partial charge in [0.2, 0.25) is 0 Å². The molecule has 9 nitrogen and oxygen atoms in total. The third-order valence-electron chi connectivity index (χ3n) is 21.8. The summed E-state index contributed by atoms with van der Waals surface area (Å²) in [5.41, 5.74) is 32.2. The topological polar surface area (TPSA) is 138 Å². The molecule has 0 bridgehead atoms. The maximum absolute atomic E-state index is 9.50. The van der Waals surface area contributed by atoms with Crippen LogP contribution in [0.1, 0.15) is 11.1 Å². The highest BCUT2D eigenvalue weighted by molar-refractivity contribution is 6.24. The molecule has 21 rings (SSSR count). The van der Waals surface area contributed by atoms with Crippen LogP contribution < -0.4 is 0 Å². The van der Waals surface area contributed by atoms with Crippen molar-refractivity contribution in [1.29, 1.82) is 10.5 Å². The Morgan fingerprint density at radius 2 is 0.377 bits per heavy atom. The Labute approximate surface area is 659 Å². The van der Waals surface area contributed by atoms with Gasteiger partial charge in [0.05, 0.1) is 22.9 Å². The standard InChI is InChI=1S/C56H34N4.C49H29N5/c57-35-36-19-21-39(22-20-36)44-15-7-8-16-46(44)49-33-34-51-48-18-10-9-17-47(48)50-32-31-45(52(49)53(50)51)40-25-29-43(30-26-40)56-59-54(41-13-5-2-6-14-41)58-55(60-56)42-27-23-38(24-28-42)37-11-3-1-4-12-37;50-29-31-15-28-44(51-30-31)34-20-16-32(17-21-34)38-24-26-42-40-13-7-8-14-41(40)43-27-25-39(45(38)46(42)43)33-18-22-37(23-19-33)49-53-47(35-9-3-1-4-10-35)52-48(54-49)36-11-5-2-6-12-36/h1-34H;1-28,30H. The van der Waals surface area contributed by atoms with E-state index in [1.807, 2.05) is 127 Å². The molecule has 3 heterocycles. The molecule has 2 aliphatic carbocycles. The molecule has 0 spiro atoms. The Kier molecular flexibility index (Phi) is 17.2. The Balaban J connectivity index is 0.000000149. The molecule has 2 aliphatic rings. The highest BCUT2D eigenvalue weighted by Crippen LogP contribution is 2.55. The van der Waals surface area contributed by atoms with Gasteiger partial charge in [0.1, 0.15) is 6.07 Å². The predicted octanol–water partition coefficient (Wildman–Crippen LogP) is 26.2. The molecular weight excluding hydrogens is 1390 g/mol. The van der Waals surface area contributed by atoms with Crippen molar-refractivity contribution >= 4 is 21.5 Å². The van der Waals surface area contributed by atoms with Crippen molar-refractivity contribution in [1.82, 2.24) is 34.9 Å². The van der Waals surface area contributed by atoms with E-state index >= 15 is 0 Å². The first kappa shape index (κ1) is 67.5. The quantitative estimate of drug-likeness (QED) is 0.110. The lowest BCUT2D eigenvalue weighted by Gasteiger charge is -2.17. The van der Waals surface area contributed by atoms with Gasteiger partial charge in [-0.1, -0.05) is 352 Å². The van der Waals surface area contributed by atoms with Crippen molar-refractivity contribution in [2.45, 2.75) is 0 Å². The van der Waals surface area contributed by atoms with Crippen molar-refractivity contribution in [2.75, 3.05) is 0 Å². The molecule has 0 radical (unpaired) electrons. The van der Waals surface area contributed by atoms with E-state index in [4.69, 9.17) is 29.9 Å². The summed E-state index contributed by atoms with van der Waals surface area (Å²) < 4.78 is 0. The number of rotatable bonds is 13. The molecule has 9 heteroatoms. The third-order valence-corrected chi connectivity index (χ3v) is 21.8. The molecule has 0 saturated heterocycles. The van der Waals surface area contributed by atoms with Crippen LogP contribution >= 0.6 is 0 Å². The minimum Gasteiger partial charge on any atom is -0.255 e. The Hall–Kier alpha value is -15.8. The first-order valence-corrected chi connectivity index (χ1v) is 37.9. The van der Waals surface area contributed by atoms with Gasteiger partial charge >= 0.3 is 0 Å². The maximum atomic E-state index is 9.50. The van der Waals surface area contributed by atoms with Crippen molar-refractivity contribution in [2.24, 2.45) is 0 Å². The smallest absolute Gasteiger partial charge is 0.164 e. The summed E-state index contributed by atoms with van der Waals surface area (Å²) in [5.74, 6) is 3.78. The van der Waals surface area contributed by atoms with Gasteiger partial charge in [-0.15, -0.1) is 0 Å². The van der Waals surface area contributed by atoms with Crippen LogP contribution in [-0.2, 0) is 0 Å². The molecular formula is C105H63N9. The molecule has 19 aromatic rings. The normalized spacial score (nSPS) is 11.3. The van der Waals surface area contributed by atoms with Crippen molar-refractivity contribution in [3.8, 4) is 203 Å². The number of fused-ring (bicyclic) bond motifs is 6. The summed E-state index contributed by atoms with van der Waals surface area (Å²) >= 11 is 0. The van der Waals surface area contributed by atoms with E-state index in [1.54, 1.807) is 12.3 Å². The van der Waals surface area contributed by atoms with Crippen LogP contribution in [0.25, 0.3) is 212 Å². The fourth-order valence-corrected chi connectivity index (χ4v) is 16.2. The second-order valence-electron chi connectivity index (χ2n) is 28.4. The Morgan fingerprint density at radius 1 is 0.158 bits per heavy atom. The molecule has 0 unspecified atom stereocenters. The minimum atomic E-state index is 0.548. The fraction of sp³-hybridized carbons (Fsp3) is 0. The van der Waals surface area contributed by atoms with Gasteiger partial charge in [-0.2, -0.15) is 10.5 Å². The summed E-state index contributed by atoms with van der Waals surface area (Å²) in [6.07, 6.45) is 1.62. The van der Waals surface area contributed by atoms with Crippen LogP contribution in [-0.4, -0.2) is 34.9 Å². The SMILES string of the molecule is N#Cc1ccc(-c2ccc(-c3ccc4c5c(ccc(-c6ccc(-c7nc(-c8ccccc8)nc(-c8ccccc8)n7)cc6)c35)-c3ccccc3-4)cc2)nc1.N#Cc1ccc(-c2ccccc2-c2ccc3c4c(ccc(-c5ccc(-c6nc(-c7ccccc7)nc(-c7ccc(-c8ccccc8)cc7)n6)cc5)c24)-c2ccccc2-3)cc1. The maximum Gasteiger partial charge on any atom is 0.164 e. The number of hydrogen-bond donors (Lipinski definition) is 0. The average Bonchev–Trinajstić information content (AvgIpc) is 1.57. The van der Waals surface area contributed by atoms with E-state index in [9.17, 15) is 10.5 Å². The molecule has 0 atom stereocenters. The summed E-state index contributed by atoms with van der Waals surface area (Å²) in [6, 6.07) is 135. The fourth-order valence-electron chi connectivity index (χ4n) is 16.2. The van der Waals surface area contributed by atoms with Crippen LogP contribution in [0.2, 0.25) is 0 Å². The Morgan fingerprint density at radius 3 is 0.702 bits per heavy atom. The summed E-state index contributed by atoms with van der Waals surface area (Å²) in [5, 5.41) is 23.7. The summed E-state index contributed by atoms with van der Waals surface area (Å²) in [7, 11) is 0. The third kappa shape index (κ3) is 12.4. The van der Waals surface area contributed by atoms with Crippen LogP contribution in [0.3, 0.4) is 0 Å². The first-order chi connectivity index (χ1) is 56.4. The summed E-state index contributed by atoms with van der Waals surface area (Å²) in [6.45, 7) is 0. The second-order valence-corrected chi connectivity index (χ2v) is 28.4. The number of hydrogen-bond acceptors (Lipinski definition) is 9. The average molecular weight is 1450 g/mol.